The zero-order valence-corrected chi connectivity index (χ0v) is 14.7. The number of ether oxygens (including phenoxy) is 3. The molecule has 1 aliphatic heterocycles. The van der Waals surface area contributed by atoms with E-state index < -0.39 is 10.0 Å². The molecule has 0 spiro atoms. The minimum atomic E-state index is -3.88. The second-order valence-corrected chi connectivity index (χ2v) is 7.30. The van der Waals surface area contributed by atoms with Gasteiger partial charge in [0, 0.05) is 5.02 Å². The lowest BCUT2D eigenvalue weighted by atomic mass is 10.2. The molecule has 0 atom stereocenters. The number of anilines is 1. The topological polar surface area (TPSA) is 65.1 Å². The molecule has 1 aliphatic rings. The zero-order valence-electron chi connectivity index (χ0n) is 13.2. The number of hydrogen-bond acceptors (Lipinski definition) is 5. The summed E-state index contributed by atoms with van der Waals surface area (Å²) in [4.78, 5) is 0.00756. The fourth-order valence-electron chi connectivity index (χ4n) is 2.58. The van der Waals surface area contributed by atoms with Crippen molar-refractivity contribution in [2.75, 3.05) is 31.7 Å². The molecule has 2 aromatic carbocycles. The summed E-state index contributed by atoms with van der Waals surface area (Å²) in [5.74, 6) is 1.11. The van der Waals surface area contributed by atoms with Gasteiger partial charge in [0.1, 0.15) is 17.3 Å². The predicted octanol–water partition coefficient (Wildman–Crippen LogP) is 2.94. The summed E-state index contributed by atoms with van der Waals surface area (Å²) in [5, 5.41) is 0.313. The maximum Gasteiger partial charge on any atom is 0.268 e. The Hall–Kier alpha value is -2.12. The highest BCUT2D eigenvalue weighted by Gasteiger charge is 2.33. The Balaban J connectivity index is 2.15. The van der Waals surface area contributed by atoms with Crippen LogP contribution in [-0.2, 0) is 10.0 Å². The normalized spacial score (nSPS) is 13.9. The molecule has 0 saturated carbocycles. The lowest BCUT2D eigenvalue weighted by Gasteiger charge is -2.31. The maximum atomic E-state index is 13.2. The highest BCUT2D eigenvalue weighted by molar-refractivity contribution is 7.93. The quantitative estimate of drug-likeness (QED) is 0.829. The molecule has 0 amide bonds. The average molecular weight is 370 g/mol. The Bertz CT molecular complexity index is 869. The monoisotopic (exact) mass is 369 g/mol. The van der Waals surface area contributed by atoms with Gasteiger partial charge in [-0.3, -0.25) is 4.31 Å². The van der Waals surface area contributed by atoms with E-state index >= 15 is 0 Å². The predicted molar refractivity (Wildman–Crippen MR) is 91.0 cm³/mol. The third-order valence-corrected chi connectivity index (χ3v) is 5.75. The van der Waals surface area contributed by atoms with Crippen molar-refractivity contribution < 1.29 is 22.6 Å². The third kappa shape index (κ3) is 2.74. The van der Waals surface area contributed by atoms with Crippen molar-refractivity contribution in [1.82, 2.24) is 0 Å². The highest BCUT2D eigenvalue weighted by Crippen LogP contribution is 2.43. The Labute approximate surface area is 145 Å². The van der Waals surface area contributed by atoms with Gasteiger partial charge in [-0.05, 0) is 30.3 Å². The van der Waals surface area contributed by atoms with E-state index in [1.54, 1.807) is 24.3 Å². The summed E-state index contributed by atoms with van der Waals surface area (Å²) in [5.41, 5.74) is 0.419. The molecule has 0 N–H and O–H groups in total. The van der Waals surface area contributed by atoms with Crippen molar-refractivity contribution in [3.63, 3.8) is 0 Å². The van der Waals surface area contributed by atoms with E-state index in [4.69, 9.17) is 25.8 Å². The summed E-state index contributed by atoms with van der Waals surface area (Å²) < 4.78 is 43.7. The van der Waals surface area contributed by atoms with Crippen LogP contribution in [0.15, 0.2) is 41.3 Å². The first kappa shape index (κ1) is 16.7. The zero-order chi connectivity index (χ0) is 17.3. The van der Waals surface area contributed by atoms with Crippen molar-refractivity contribution in [1.29, 1.82) is 0 Å². The minimum absolute atomic E-state index is 0.00756. The van der Waals surface area contributed by atoms with Gasteiger partial charge >= 0.3 is 0 Å². The van der Waals surface area contributed by atoms with E-state index in [9.17, 15) is 8.42 Å². The molecule has 3 rings (SSSR count). The first-order chi connectivity index (χ1) is 11.5. The average Bonchev–Trinajstić information content (AvgIpc) is 2.60. The molecule has 6 nitrogen and oxygen atoms in total. The smallest absolute Gasteiger partial charge is 0.268 e. The van der Waals surface area contributed by atoms with Crippen LogP contribution in [0.5, 0.6) is 17.2 Å². The van der Waals surface area contributed by atoms with Crippen LogP contribution in [0, 0.1) is 0 Å². The van der Waals surface area contributed by atoms with Crippen molar-refractivity contribution >= 4 is 27.3 Å². The standard InChI is InChI=1S/C16H16ClNO5S/c1-21-13-7-6-11(17)10-15(13)24(19,20)18-8-9-23-16-12(18)4-3-5-14(16)22-2/h3-7,10H,8-9H2,1-2H3. The van der Waals surface area contributed by atoms with Crippen molar-refractivity contribution in [2.45, 2.75) is 4.90 Å². The van der Waals surface area contributed by atoms with Gasteiger partial charge in [-0.2, -0.15) is 0 Å². The third-order valence-electron chi connectivity index (χ3n) is 3.68. The Kier molecular flexibility index (Phi) is 4.47. The number of halogens is 1. The first-order valence-corrected chi connectivity index (χ1v) is 8.97. The first-order valence-electron chi connectivity index (χ1n) is 7.15. The van der Waals surface area contributed by atoms with Gasteiger partial charge in [0.2, 0.25) is 0 Å². The van der Waals surface area contributed by atoms with Crippen molar-refractivity contribution in [2.24, 2.45) is 0 Å². The molecular weight excluding hydrogens is 354 g/mol. The van der Waals surface area contributed by atoms with Gasteiger partial charge in [0.25, 0.3) is 10.0 Å². The van der Waals surface area contributed by atoms with E-state index in [1.165, 1.54) is 30.7 Å². The number of benzene rings is 2. The number of rotatable bonds is 4. The van der Waals surface area contributed by atoms with Crippen LogP contribution in [0.1, 0.15) is 0 Å². The SMILES string of the molecule is COc1ccc(Cl)cc1S(=O)(=O)N1CCOc2c(OC)cccc21. The molecule has 0 aliphatic carbocycles. The molecule has 0 fully saturated rings. The number of methoxy groups -OCH3 is 2. The molecule has 2 aromatic rings. The summed E-state index contributed by atoms with van der Waals surface area (Å²) in [6.07, 6.45) is 0. The van der Waals surface area contributed by atoms with Crippen LogP contribution in [0.4, 0.5) is 5.69 Å². The molecule has 0 aromatic heterocycles. The molecule has 0 radical (unpaired) electrons. The minimum Gasteiger partial charge on any atom is -0.495 e. The molecular formula is C16H16ClNO5S. The lowest BCUT2D eigenvalue weighted by Crippen LogP contribution is -2.38. The lowest BCUT2D eigenvalue weighted by molar-refractivity contribution is 0.292. The van der Waals surface area contributed by atoms with E-state index in [1.807, 2.05) is 0 Å². The molecule has 24 heavy (non-hydrogen) atoms. The van der Waals surface area contributed by atoms with Gasteiger partial charge in [0.05, 0.1) is 26.5 Å². The Morgan fingerprint density at radius 2 is 1.88 bits per heavy atom. The number of hydrogen-bond donors (Lipinski definition) is 0. The Morgan fingerprint density at radius 3 is 2.58 bits per heavy atom. The number of para-hydroxylation sites is 1. The van der Waals surface area contributed by atoms with Crippen LogP contribution in [-0.4, -0.2) is 35.8 Å². The second-order valence-electron chi connectivity index (χ2n) is 5.03. The summed E-state index contributed by atoms with van der Waals surface area (Å²) in [6.45, 7) is 0.396. The van der Waals surface area contributed by atoms with E-state index in [2.05, 4.69) is 0 Å². The summed E-state index contributed by atoms with van der Waals surface area (Å²) >= 11 is 5.98. The maximum absolute atomic E-state index is 13.2. The summed E-state index contributed by atoms with van der Waals surface area (Å²) in [6, 6.07) is 9.59. The molecule has 0 saturated heterocycles. The Morgan fingerprint density at radius 1 is 1.12 bits per heavy atom. The number of fused-ring (bicyclic) bond motifs is 1. The van der Waals surface area contributed by atoms with Gasteiger partial charge in [0.15, 0.2) is 11.5 Å². The van der Waals surface area contributed by atoms with Crippen LogP contribution < -0.4 is 18.5 Å². The van der Waals surface area contributed by atoms with Gasteiger partial charge in [-0.1, -0.05) is 17.7 Å². The van der Waals surface area contributed by atoms with Gasteiger partial charge in [-0.15, -0.1) is 0 Å². The second kappa shape index (κ2) is 6.41. The van der Waals surface area contributed by atoms with Crippen LogP contribution in [0.25, 0.3) is 0 Å². The van der Waals surface area contributed by atoms with Crippen molar-refractivity contribution in [3.8, 4) is 17.2 Å². The fourth-order valence-corrected chi connectivity index (χ4v) is 4.45. The number of nitrogens with zero attached hydrogens (tertiary/aromatic N) is 1. The van der Waals surface area contributed by atoms with E-state index in [0.29, 0.717) is 22.2 Å². The fraction of sp³-hybridized carbons (Fsp3) is 0.250. The van der Waals surface area contributed by atoms with E-state index in [0.717, 1.165) is 0 Å². The van der Waals surface area contributed by atoms with E-state index in [-0.39, 0.29) is 23.8 Å². The molecule has 8 heteroatoms. The number of sulfonamides is 1. The van der Waals surface area contributed by atoms with Crippen molar-refractivity contribution in [3.05, 3.63) is 41.4 Å². The highest BCUT2D eigenvalue weighted by atomic mass is 35.5. The molecule has 1 heterocycles. The molecule has 0 bridgehead atoms. The summed E-state index contributed by atoms with van der Waals surface area (Å²) in [7, 11) is -0.956. The largest absolute Gasteiger partial charge is 0.495 e. The van der Waals surface area contributed by atoms with Crippen LogP contribution >= 0.6 is 11.6 Å². The van der Waals surface area contributed by atoms with Crippen LogP contribution in [0.3, 0.4) is 0 Å². The molecule has 128 valence electrons. The van der Waals surface area contributed by atoms with Gasteiger partial charge < -0.3 is 14.2 Å². The van der Waals surface area contributed by atoms with Crippen LogP contribution in [0.2, 0.25) is 5.02 Å². The van der Waals surface area contributed by atoms with Gasteiger partial charge in [-0.25, -0.2) is 8.42 Å². The molecule has 0 unspecified atom stereocenters.